The van der Waals surface area contributed by atoms with Crippen molar-refractivity contribution in [2.45, 2.75) is 6.18 Å². The zero-order chi connectivity index (χ0) is 14.8. The van der Waals surface area contributed by atoms with Gasteiger partial charge in [-0.05, 0) is 24.3 Å². The van der Waals surface area contributed by atoms with Gasteiger partial charge in [0.05, 0.1) is 11.3 Å². The lowest BCUT2D eigenvalue weighted by Gasteiger charge is -2.15. The second-order valence-corrected chi connectivity index (χ2v) is 4.43. The highest BCUT2D eigenvalue weighted by atomic mass is 35.5. The highest BCUT2D eigenvalue weighted by Crippen LogP contribution is 2.37. The van der Waals surface area contributed by atoms with Gasteiger partial charge in [0.1, 0.15) is 5.82 Å². The van der Waals surface area contributed by atoms with Crippen molar-refractivity contribution in [1.29, 1.82) is 0 Å². The Morgan fingerprint density at radius 2 is 1.90 bits per heavy atom. The van der Waals surface area contributed by atoms with Crippen LogP contribution in [0.25, 0.3) is 0 Å². The molecule has 0 saturated heterocycles. The Hall–Kier alpha value is -1.95. The van der Waals surface area contributed by atoms with Crippen molar-refractivity contribution in [3.8, 4) is 0 Å². The first kappa shape index (κ1) is 14.5. The van der Waals surface area contributed by atoms with Crippen LogP contribution in [0.5, 0.6) is 0 Å². The summed E-state index contributed by atoms with van der Waals surface area (Å²) in [6.45, 7) is 0. The Balaban J connectivity index is 2.38. The zero-order valence-electron chi connectivity index (χ0n) is 10.4. The van der Waals surface area contributed by atoms with Crippen LogP contribution >= 0.6 is 11.6 Å². The van der Waals surface area contributed by atoms with Crippen molar-refractivity contribution >= 4 is 28.8 Å². The lowest BCUT2D eigenvalue weighted by atomic mass is 10.1. The predicted octanol–water partition coefficient (Wildman–Crippen LogP) is 4.54. The molecule has 0 unspecified atom stereocenters. The molecule has 3 nitrogen and oxygen atoms in total. The van der Waals surface area contributed by atoms with E-state index >= 15 is 0 Å². The number of nitrogens with one attached hydrogen (secondary N) is 2. The fourth-order valence-electron chi connectivity index (χ4n) is 1.66. The third-order valence-electron chi connectivity index (χ3n) is 2.58. The fourth-order valence-corrected chi connectivity index (χ4v) is 1.83. The van der Waals surface area contributed by atoms with E-state index in [0.717, 1.165) is 6.07 Å². The maximum atomic E-state index is 13.0. The molecule has 0 amide bonds. The van der Waals surface area contributed by atoms with Gasteiger partial charge in [0.15, 0.2) is 0 Å². The minimum Gasteiger partial charge on any atom is -0.373 e. The summed E-state index contributed by atoms with van der Waals surface area (Å²) in [5.74, 6) is 0.553. The van der Waals surface area contributed by atoms with E-state index in [4.69, 9.17) is 11.6 Å². The number of alkyl halides is 3. The van der Waals surface area contributed by atoms with Crippen molar-refractivity contribution in [1.82, 2.24) is 4.98 Å². The lowest BCUT2D eigenvalue weighted by Crippen LogP contribution is -2.09. The minimum absolute atomic E-state index is 0.0357. The molecule has 0 spiro atoms. The van der Waals surface area contributed by atoms with Crippen LogP contribution in [-0.4, -0.2) is 12.0 Å². The number of pyridine rings is 1. The van der Waals surface area contributed by atoms with Gasteiger partial charge in [0, 0.05) is 30.0 Å². The molecule has 0 fully saturated rings. The Morgan fingerprint density at radius 1 is 1.15 bits per heavy atom. The van der Waals surface area contributed by atoms with Crippen LogP contribution < -0.4 is 10.6 Å². The number of nitrogens with zero attached hydrogens (tertiary/aromatic N) is 1. The van der Waals surface area contributed by atoms with Gasteiger partial charge in [-0.25, -0.2) is 4.98 Å². The van der Waals surface area contributed by atoms with E-state index in [2.05, 4.69) is 15.6 Å². The minimum atomic E-state index is -4.48. The van der Waals surface area contributed by atoms with Crippen molar-refractivity contribution in [3.63, 3.8) is 0 Å². The average Bonchev–Trinajstić information content (AvgIpc) is 2.40. The van der Waals surface area contributed by atoms with Crippen molar-refractivity contribution in [3.05, 3.63) is 47.1 Å². The zero-order valence-corrected chi connectivity index (χ0v) is 11.2. The SMILES string of the molecule is CNc1cc(Nc2ccc(Cl)cc2C(F)(F)F)ccn1. The Labute approximate surface area is 118 Å². The number of anilines is 3. The molecule has 0 radical (unpaired) electrons. The van der Waals surface area contributed by atoms with Crippen LogP contribution in [0.4, 0.5) is 30.4 Å². The summed E-state index contributed by atoms with van der Waals surface area (Å²) in [5, 5.41) is 5.57. The monoisotopic (exact) mass is 301 g/mol. The van der Waals surface area contributed by atoms with Gasteiger partial charge in [-0.2, -0.15) is 13.2 Å². The molecule has 0 aliphatic rings. The van der Waals surface area contributed by atoms with Gasteiger partial charge in [-0.3, -0.25) is 0 Å². The van der Waals surface area contributed by atoms with E-state index in [-0.39, 0.29) is 10.7 Å². The summed E-state index contributed by atoms with van der Waals surface area (Å²) < 4.78 is 38.9. The average molecular weight is 302 g/mol. The molecular weight excluding hydrogens is 291 g/mol. The maximum Gasteiger partial charge on any atom is 0.418 e. The van der Waals surface area contributed by atoms with Crippen LogP contribution in [0.3, 0.4) is 0 Å². The van der Waals surface area contributed by atoms with Crippen molar-refractivity contribution in [2.75, 3.05) is 17.7 Å². The van der Waals surface area contributed by atoms with E-state index in [1.807, 2.05) is 0 Å². The van der Waals surface area contributed by atoms with Gasteiger partial charge in [-0.15, -0.1) is 0 Å². The Kier molecular flexibility index (Phi) is 4.04. The van der Waals surface area contributed by atoms with Crippen LogP contribution in [-0.2, 0) is 6.18 Å². The van der Waals surface area contributed by atoms with E-state index in [0.29, 0.717) is 11.5 Å². The molecule has 2 N–H and O–H groups in total. The van der Waals surface area contributed by atoms with Crippen LogP contribution in [0.15, 0.2) is 36.5 Å². The second kappa shape index (κ2) is 5.58. The van der Waals surface area contributed by atoms with Crippen molar-refractivity contribution in [2.24, 2.45) is 0 Å². The lowest BCUT2D eigenvalue weighted by molar-refractivity contribution is -0.136. The highest BCUT2D eigenvalue weighted by molar-refractivity contribution is 6.30. The van der Waals surface area contributed by atoms with Gasteiger partial charge in [0.2, 0.25) is 0 Å². The van der Waals surface area contributed by atoms with Gasteiger partial charge < -0.3 is 10.6 Å². The molecule has 0 bridgehead atoms. The fraction of sp³-hybridized carbons (Fsp3) is 0.154. The summed E-state index contributed by atoms with van der Waals surface area (Å²) in [7, 11) is 1.68. The molecular formula is C13H11ClF3N3. The smallest absolute Gasteiger partial charge is 0.373 e. The molecule has 1 aromatic heterocycles. The molecule has 20 heavy (non-hydrogen) atoms. The molecule has 0 saturated carbocycles. The normalized spacial score (nSPS) is 11.2. The highest BCUT2D eigenvalue weighted by Gasteiger charge is 2.33. The van der Waals surface area contributed by atoms with E-state index in [1.165, 1.54) is 18.3 Å². The Morgan fingerprint density at radius 3 is 2.55 bits per heavy atom. The number of rotatable bonds is 3. The van der Waals surface area contributed by atoms with E-state index < -0.39 is 11.7 Å². The second-order valence-electron chi connectivity index (χ2n) is 3.99. The molecule has 7 heteroatoms. The summed E-state index contributed by atoms with van der Waals surface area (Å²) in [5.41, 5.74) is -0.375. The third-order valence-corrected chi connectivity index (χ3v) is 2.82. The summed E-state index contributed by atoms with van der Waals surface area (Å²) >= 11 is 5.63. The maximum absolute atomic E-state index is 13.0. The predicted molar refractivity (Wildman–Crippen MR) is 73.5 cm³/mol. The van der Waals surface area contributed by atoms with Gasteiger partial charge in [-0.1, -0.05) is 11.6 Å². The summed E-state index contributed by atoms with van der Waals surface area (Å²) in [4.78, 5) is 3.99. The molecule has 0 atom stereocenters. The quantitative estimate of drug-likeness (QED) is 0.874. The number of hydrogen-bond acceptors (Lipinski definition) is 3. The van der Waals surface area contributed by atoms with Crippen LogP contribution in [0, 0.1) is 0 Å². The molecule has 1 heterocycles. The number of hydrogen-bond donors (Lipinski definition) is 2. The number of benzene rings is 1. The first-order valence-electron chi connectivity index (χ1n) is 5.68. The Bertz CT molecular complexity index is 614. The van der Waals surface area contributed by atoms with Crippen LogP contribution in [0.2, 0.25) is 5.02 Å². The summed E-state index contributed by atoms with van der Waals surface area (Å²) in [6.07, 6.45) is -2.98. The molecule has 1 aromatic carbocycles. The summed E-state index contributed by atoms with van der Waals surface area (Å²) in [6, 6.07) is 6.78. The van der Waals surface area contributed by atoms with Crippen molar-refractivity contribution < 1.29 is 13.2 Å². The standard InChI is InChI=1S/C13H11ClF3N3/c1-18-12-7-9(4-5-19-12)20-11-3-2-8(14)6-10(11)13(15,16)17/h2-7H,1H3,(H2,18,19,20). The van der Waals surface area contributed by atoms with Gasteiger partial charge in [0.25, 0.3) is 0 Å². The van der Waals surface area contributed by atoms with E-state index in [1.54, 1.807) is 19.2 Å². The topological polar surface area (TPSA) is 37.0 Å². The molecule has 106 valence electrons. The third kappa shape index (κ3) is 3.33. The first-order valence-corrected chi connectivity index (χ1v) is 6.05. The largest absolute Gasteiger partial charge is 0.418 e. The first-order chi connectivity index (χ1) is 9.40. The molecule has 2 aromatic rings. The number of aromatic nitrogens is 1. The van der Waals surface area contributed by atoms with E-state index in [9.17, 15) is 13.2 Å². The molecule has 0 aliphatic heterocycles. The molecule has 2 rings (SSSR count). The molecule has 0 aliphatic carbocycles. The van der Waals surface area contributed by atoms with Gasteiger partial charge >= 0.3 is 6.18 Å². The van der Waals surface area contributed by atoms with Crippen LogP contribution in [0.1, 0.15) is 5.56 Å². The number of halogens is 4.